The number of hydrogen-bond acceptors (Lipinski definition) is 5. The molecule has 0 bridgehead atoms. The van der Waals surface area contributed by atoms with Crippen molar-refractivity contribution >= 4 is 17.5 Å². The molecule has 1 rings (SSSR count). The van der Waals surface area contributed by atoms with Gasteiger partial charge in [-0.05, 0) is 27.7 Å². The summed E-state index contributed by atoms with van der Waals surface area (Å²) in [4.78, 5) is 24.2. The molecule has 0 unspecified atom stereocenters. The van der Waals surface area contributed by atoms with Crippen LogP contribution in [-0.2, 0) is 4.79 Å². The van der Waals surface area contributed by atoms with E-state index in [0.29, 0.717) is 37.1 Å². The van der Waals surface area contributed by atoms with E-state index in [-0.39, 0.29) is 5.91 Å². The van der Waals surface area contributed by atoms with E-state index in [1.54, 1.807) is 11.8 Å². The molecule has 1 heterocycles. The van der Waals surface area contributed by atoms with Crippen LogP contribution in [0.4, 0.5) is 11.6 Å². The standard InChI is InChI=1S/C13H23N5O/c1-6-18(7-2)11(19)8-17(5)13-9(3)12(14)15-10(4)16-13/h6-8H2,1-5H3,(H2,14,15,16). The van der Waals surface area contributed by atoms with Crippen molar-refractivity contribution < 1.29 is 4.79 Å². The zero-order chi connectivity index (χ0) is 14.6. The van der Waals surface area contributed by atoms with Gasteiger partial charge in [-0.15, -0.1) is 0 Å². The van der Waals surface area contributed by atoms with E-state index in [4.69, 9.17) is 5.73 Å². The van der Waals surface area contributed by atoms with Gasteiger partial charge in [-0.1, -0.05) is 0 Å². The van der Waals surface area contributed by atoms with Gasteiger partial charge >= 0.3 is 0 Å². The first kappa shape index (κ1) is 15.2. The van der Waals surface area contributed by atoms with Crippen molar-refractivity contribution in [3.63, 3.8) is 0 Å². The van der Waals surface area contributed by atoms with Crippen LogP contribution in [0, 0.1) is 13.8 Å². The van der Waals surface area contributed by atoms with Gasteiger partial charge in [0.25, 0.3) is 0 Å². The SMILES string of the molecule is CCN(CC)C(=O)CN(C)c1nc(C)nc(N)c1C. The number of carbonyl (C=O) groups excluding carboxylic acids is 1. The average Bonchev–Trinajstić information content (AvgIpc) is 2.35. The quantitative estimate of drug-likeness (QED) is 0.859. The molecule has 0 aliphatic rings. The topological polar surface area (TPSA) is 75.4 Å². The number of amides is 1. The Kier molecular flexibility index (Phi) is 5.09. The Bertz CT molecular complexity index is 457. The van der Waals surface area contributed by atoms with Crippen LogP contribution in [0.15, 0.2) is 0 Å². The molecule has 0 radical (unpaired) electrons. The molecule has 0 spiro atoms. The highest BCUT2D eigenvalue weighted by Crippen LogP contribution is 2.20. The van der Waals surface area contributed by atoms with Crippen molar-refractivity contribution in [3.05, 3.63) is 11.4 Å². The van der Waals surface area contributed by atoms with E-state index in [2.05, 4.69) is 9.97 Å². The van der Waals surface area contributed by atoms with Crippen LogP contribution in [0.25, 0.3) is 0 Å². The van der Waals surface area contributed by atoms with Crippen molar-refractivity contribution in [2.24, 2.45) is 0 Å². The lowest BCUT2D eigenvalue weighted by molar-refractivity contribution is -0.129. The van der Waals surface area contributed by atoms with Gasteiger partial charge in [-0.25, -0.2) is 9.97 Å². The lowest BCUT2D eigenvalue weighted by Gasteiger charge is -2.25. The molecule has 0 fully saturated rings. The van der Waals surface area contributed by atoms with Gasteiger partial charge in [0.1, 0.15) is 17.5 Å². The molecule has 0 atom stereocenters. The van der Waals surface area contributed by atoms with Crippen LogP contribution in [0.3, 0.4) is 0 Å². The monoisotopic (exact) mass is 265 g/mol. The number of anilines is 2. The Morgan fingerprint density at radius 3 is 2.32 bits per heavy atom. The maximum atomic E-state index is 12.1. The lowest BCUT2D eigenvalue weighted by atomic mass is 10.3. The zero-order valence-electron chi connectivity index (χ0n) is 12.4. The van der Waals surface area contributed by atoms with Crippen molar-refractivity contribution in [1.29, 1.82) is 0 Å². The molecule has 0 saturated heterocycles. The smallest absolute Gasteiger partial charge is 0.242 e. The summed E-state index contributed by atoms with van der Waals surface area (Å²) in [5, 5.41) is 0. The molecule has 19 heavy (non-hydrogen) atoms. The van der Waals surface area contributed by atoms with E-state index in [1.165, 1.54) is 0 Å². The largest absolute Gasteiger partial charge is 0.383 e. The number of nitrogens with two attached hydrogens (primary N) is 1. The molecule has 106 valence electrons. The summed E-state index contributed by atoms with van der Waals surface area (Å²) >= 11 is 0. The van der Waals surface area contributed by atoms with Gasteiger partial charge in [-0.3, -0.25) is 4.79 Å². The summed E-state index contributed by atoms with van der Waals surface area (Å²) in [5.41, 5.74) is 6.64. The fourth-order valence-corrected chi connectivity index (χ4v) is 1.96. The Morgan fingerprint density at radius 1 is 1.21 bits per heavy atom. The number of carbonyl (C=O) groups is 1. The highest BCUT2D eigenvalue weighted by molar-refractivity contribution is 5.81. The summed E-state index contributed by atoms with van der Waals surface area (Å²) < 4.78 is 0. The van der Waals surface area contributed by atoms with E-state index < -0.39 is 0 Å². The zero-order valence-corrected chi connectivity index (χ0v) is 12.4. The van der Waals surface area contributed by atoms with Crippen LogP contribution in [-0.4, -0.2) is 47.5 Å². The van der Waals surface area contributed by atoms with E-state index >= 15 is 0 Å². The lowest BCUT2D eigenvalue weighted by Crippen LogP contribution is -2.39. The van der Waals surface area contributed by atoms with Gasteiger partial charge < -0.3 is 15.5 Å². The van der Waals surface area contributed by atoms with Crippen LogP contribution < -0.4 is 10.6 Å². The van der Waals surface area contributed by atoms with Crippen molar-refractivity contribution in [1.82, 2.24) is 14.9 Å². The molecule has 0 aliphatic carbocycles. The molecular weight excluding hydrogens is 242 g/mol. The summed E-state index contributed by atoms with van der Waals surface area (Å²) in [6, 6.07) is 0. The van der Waals surface area contributed by atoms with Gasteiger partial charge in [0.05, 0.1) is 6.54 Å². The number of nitrogens with zero attached hydrogens (tertiary/aromatic N) is 4. The highest BCUT2D eigenvalue weighted by Gasteiger charge is 2.16. The van der Waals surface area contributed by atoms with Gasteiger partial charge in [0, 0.05) is 25.7 Å². The minimum Gasteiger partial charge on any atom is -0.383 e. The third-order valence-corrected chi connectivity index (χ3v) is 3.12. The number of aromatic nitrogens is 2. The highest BCUT2D eigenvalue weighted by atomic mass is 16.2. The Labute approximate surface area is 114 Å². The van der Waals surface area contributed by atoms with Crippen LogP contribution in [0.2, 0.25) is 0 Å². The molecule has 1 amide bonds. The minimum atomic E-state index is 0.0849. The molecular formula is C13H23N5O. The first-order valence-electron chi connectivity index (χ1n) is 6.50. The Balaban J connectivity index is 2.89. The molecule has 2 N–H and O–H groups in total. The summed E-state index contributed by atoms with van der Waals surface area (Å²) in [6.07, 6.45) is 0. The maximum Gasteiger partial charge on any atom is 0.242 e. The second-order valence-electron chi connectivity index (χ2n) is 4.53. The molecule has 1 aromatic rings. The van der Waals surface area contributed by atoms with Crippen molar-refractivity contribution in [3.8, 4) is 0 Å². The second-order valence-corrected chi connectivity index (χ2v) is 4.53. The third-order valence-electron chi connectivity index (χ3n) is 3.12. The molecule has 0 aliphatic heterocycles. The number of nitrogen functional groups attached to an aromatic ring is 1. The fourth-order valence-electron chi connectivity index (χ4n) is 1.96. The summed E-state index contributed by atoms with van der Waals surface area (Å²) in [6.45, 7) is 9.32. The first-order valence-corrected chi connectivity index (χ1v) is 6.50. The van der Waals surface area contributed by atoms with Crippen molar-refractivity contribution in [2.75, 3.05) is 37.3 Å². The maximum absolute atomic E-state index is 12.1. The normalized spacial score (nSPS) is 10.4. The van der Waals surface area contributed by atoms with Gasteiger partial charge in [0.15, 0.2) is 0 Å². The second kappa shape index (κ2) is 6.36. The first-order chi connectivity index (χ1) is 8.90. The van der Waals surface area contributed by atoms with Crippen LogP contribution in [0.5, 0.6) is 0 Å². The minimum absolute atomic E-state index is 0.0849. The molecule has 1 aromatic heterocycles. The summed E-state index contributed by atoms with van der Waals surface area (Å²) in [5.74, 6) is 1.87. The van der Waals surface area contributed by atoms with Crippen LogP contribution >= 0.6 is 0 Å². The molecule has 6 nitrogen and oxygen atoms in total. The van der Waals surface area contributed by atoms with Gasteiger partial charge in [0.2, 0.25) is 5.91 Å². The Morgan fingerprint density at radius 2 is 1.79 bits per heavy atom. The number of aryl methyl sites for hydroxylation is 1. The van der Waals surface area contributed by atoms with E-state index in [1.807, 2.05) is 32.7 Å². The van der Waals surface area contributed by atoms with Crippen LogP contribution in [0.1, 0.15) is 25.2 Å². The van der Waals surface area contributed by atoms with E-state index in [9.17, 15) is 4.79 Å². The average molecular weight is 265 g/mol. The van der Waals surface area contributed by atoms with Gasteiger partial charge in [-0.2, -0.15) is 0 Å². The molecule has 0 saturated carbocycles. The van der Waals surface area contributed by atoms with Crippen molar-refractivity contribution in [2.45, 2.75) is 27.7 Å². The molecule has 0 aromatic carbocycles. The predicted molar refractivity (Wildman–Crippen MR) is 77.1 cm³/mol. The van der Waals surface area contributed by atoms with E-state index in [0.717, 1.165) is 5.56 Å². The third kappa shape index (κ3) is 3.56. The summed E-state index contributed by atoms with van der Waals surface area (Å²) in [7, 11) is 1.84. The molecule has 6 heteroatoms. The predicted octanol–water partition coefficient (Wildman–Crippen LogP) is 0.980. The number of rotatable bonds is 5. The Hall–Kier alpha value is -1.85. The fraction of sp³-hybridized carbons (Fsp3) is 0.615. The number of likely N-dealkylation sites (N-methyl/N-ethyl adjacent to an activating group) is 2. The number of hydrogen-bond donors (Lipinski definition) is 1.